The van der Waals surface area contributed by atoms with Gasteiger partial charge in [-0.25, -0.2) is 4.79 Å². The SMILES string of the molecule is Cc1ccc(C)c2c1=CC(=O)[NH+]=2. The van der Waals surface area contributed by atoms with Crippen LogP contribution in [0.2, 0.25) is 0 Å². The van der Waals surface area contributed by atoms with Gasteiger partial charge in [-0.3, -0.25) is 0 Å². The molecule has 12 heavy (non-hydrogen) atoms. The lowest BCUT2D eigenvalue weighted by molar-refractivity contribution is -0.406. The Labute approximate surface area is 70.3 Å². The van der Waals surface area contributed by atoms with Gasteiger partial charge >= 0.3 is 5.91 Å². The van der Waals surface area contributed by atoms with E-state index in [9.17, 15) is 4.79 Å². The Morgan fingerprint density at radius 3 is 2.50 bits per heavy atom. The van der Waals surface area contributed by atoms with Gasteiger partial charge in [0.05, 0.1) is 11.3 Å². The predicted octanol–water partition coefficient (Wildman–Crippen LogP) is -1.68. The molecule has 1 aromatic rings. The second-order valence-corrected chi connectivity index (χ2v) is 3.12. The number of hydrogen-bond donors (Lipinski definition) is 1. The quantitative estimate of drug-likeness (QED) is 0.483. The fourth-order valence-corrected chi connectivity index (χ4v) is 1.48. The van der Waals surface area contributed by atoms with Crippen LogP contribution in [0.25, 0.3) is 6.08 Å². The minimum absolute atomic E-state index is 0.0117. The predicted molar refractivity (Wildman–Crippen MR) is 44.7 cm³/mol. The number of nitrogens with one attached hydrogen (secondary N) is 1. The molecule has 0 aliphatic carbocycles. The molecule has 0 atom stereocenters. The van der Waals surface area contributed by atoms with E-state index >= 15 is 0 Å². The second kappa shape index (κ2) is 2.27. The van der Waals surface area contributed by atoms with E-state index in [0.717, 1.165) is 21.7 Å². The molecule has 1 aromatic carbocycles. The molecular weight excluding hydrogens is 150 g/mol. The van der Waals surface area contributed by atoms with Crippen molar-refractivity contribution in [1.29, 1.82) is 0 Å². The van der Waals surface area contributed by atoms with Crippen LogP contribution in [-0.2, 0) is 4.79 Å². The maximum Gasteiger partial charge on any atom is 0.411 e. The van der Waals surface area contributed by atoms with Gasteiger partial charge in [-0.05, 0) is 19.4 Å². The summed E-state index contributed by atoms with van der Waals surface area (Å²) >= 11 is 0. The molecule has 0 fully saturated rings. The van der Waals surface area contributed by atoms with Crippen LogP contribution in [0.15, 0.2) is 12.1 Å². The standard InChI is InChI=1S/C10H9NO/c1-6-3-4-7(2)10-8(6)5-9(12)11-10/h3-5H,1-2H3/p+1. The van der Waals surface area contributed by atoms with Crippen LogP contribution in [0, 0.1) is 13.8 Å². The highest BCUT2D eigenvalue weighted by Gasteiger charge is 2.13. The molecule has 2 rings (SSSR count). The summed E-state index contributed by atoms with van der Waals surface area (Å²) in [6, 6.07) is 4.05. The second-order valence-electron chi connectivity index (χ2n) is 3.12. The van der Waals surface area contributed by atoms with Crippen molar-refractivity contribution in [3.05, 3.63) is 33.8 Å². The fourth-order valence-electron chi connectivity index (χ4n) is 1.48. The van der Waals surface area contributed by atoms with E-state index in [2.05, 4.69) is 4.99 Å². The molecule has 0 bridgehead atoms. The van der Waals surface area contributed by atoms with E-state index in [0.29, 0.717) is 0 Å². The van der Waals surface area contributed by atoms with Gasteiger partial charge in [0.1, 0.15) is 0 Å². The molecular formula is C10H10NO+. The third kappa shape index (κ3) is 0.881. The Balaban J connectivity index is 3.00. The van der Waals surface area contributed by atoms with Gasteiger partial charge in [-0.2, -0.15) is 4.99 Å². The summed E-state index contributed by atoms with van der Waals surface area (Å²) in [5.41, 5.74) is 2.27. The first-order chi connectivity index (χ1) is 5.68. The largest absolute Gasteiger partial charge is 0.411 e. The van der Waals surface area contributed by atoms with Crippen LogP contribution >= 0.6 is 0 Å². The topological polar surface area (TPSA) is 31.0 Å². The maximum absolute atomic E-state index is 11.0. The van der Waals surface area contributed by atoms with E-state index in [1.54, 1.807) is 6.08 Å². The van der Waals surface area contributed by atoms with Gasteiger partial charge in [-0.1, -0.05) is 12.1 Å². The van der Waals surface area contributed by atoms with Crippen molar-refractivity contribution in [2.24, 2.45) is 0 Å². The van der Waals surface area contributed by atoms with Gasteiger partial charge < -0.3 is 0 Å². The zero-order valence-electron chi connectivity index (χ0n) is 7.14. The highest BCUT2D eigenvalue weighted by Crippen LogP contribution is 1.89. The molecule has 2 heteroatoms. The summed E-state index contributed by atoms with van der Waals surface area (Å²) in [5, 5.41) is 2.01. The minimum atomic E-state index is -0.0117. The molecule has 60 valence electrons. The number of benzene rings is 1. The molecule has 0 radical (unpaired) electrons. The van der Waals surface area contributed by atoms with Gasteiger partial charge in [0.2, 0.25) is 5.36 Å². The normalized spacial score (nSPS) is 13.7. The number of aryl methyl sites for hydroxylation is 2. The number of fused-ring (bicyclic) bond motifs is 1. The van der Waals surface area contributed by atoms with Crippen LogP contribution in [-0.4, -0.2) is 5.91 Å². The Hall–Kier alpha value is -1.44. The van der Waals surface area contributed by atoms with Crippen LogP contribution < -0.4 is 15.6 Å². The van der Waals surface area contributed by atoms with E-state index in [1.165, 1.54) is 0 Å². The van der Waals surface area contributed by atoms with Crippen molar-refractivity contribution in [3.8, 4) is 0 Å². The lowest BCUT2D eigenvalue weighted by atomic mass is 10.1. The molecule has 1 N–H and O–H groups in total. The van der Waals surface area contributed by atoms with Crippen molar-refractivity contribution >= 4 is 12.0 Å². The molecule has 1 heterocycles. The number of hydrogen-bond acceptors (Lipinski definition) is 1. The summed E-state index contributed by atoms with van der Waals surface area (Å²) in [6.45, 7) is 4.01. The third-order valence-corrected chi connectivity index (χ3v) is 2.20. The molecule has 1 aliphatic rings. The summed E-state index contributed by atoms with van der Waals surface area (Å²) in [5.74, 6) is -0.0117. The maximum atomic E-state index is 11.0. The molecule has 0 saturated heterocycles. The lowest BCUT2D eigenvalue weighted by Crippen LogP contribution is -2.79. The lowest BCUT2D eigenvalue weighted by Gasteiger charge is -1.90. The van der Waals surface area contributed by atoms with Crippen LogP contribution in [0.5, 0.6) is 0 Å². The Bertz CT molecular complexity index is 428. The third-order valence-electron chi connectivity index (χ3n) is 2.20. The number of carbonyl (C=O) groups excluding carboxylic acids is 1. The van der Waals surface area contributed by atoms with E-state index in [1.807, 2.05) is 26.0 Å². The van der Waals surface area contributed by atoms with Crippen molar-refractivity contribution < 1.29 is 9.79 Å². The van der Waals surface area contributed by atoms with Crippen LogP contribution in [0.3, 0.4) is 0 Å². The first-order valence-corrected chi connectivity index (χ1v) is 3.94. The van der Waals surface area contributed by atoms with Crippen LogP contribution in [0.4, 0.5) is 0 Å². The fraction of sp³-hybridized carbons (Fsp3) is 0.200. The monoisotopic (exact) mass is 160 g/mol. The highest BCUT2D eigenvalue weighted by molar-refractivity contribution is 5.98. The molecule has 0 saturated carbocycles. The van der Waals surface area contributed by atoms with Gasteiger partial charge in [0, 0.05) is 5.56 Å². The van der Waals surface area contributed by atoms with E-state index in [4.69, 9.17) is 0 Å². The smallest absolute Gasteiger partial charge is 0.215 e. The van der Waals surface area contributed by atoms with Crippen molar-refractivity contribution in [3.63, 3.8) is 0 Å². The first kappa shape index (κ1) is 7.22. The summed E-state index contributed by atoms with van der Waals surface area (Å²) in [7, 11) is 0. The van der Waals surface area contributed by atoms with Crippen LogP contribution in [0.1, 0.15) is 11.1 Å². The molecule has 0 aromatic heterocycles. The van der Waals surface area contributed by atoms with E-state index < -0.39 is 0 Å². The Kier molecular flexibility index (Phi) is 1.37. The molecule has 0 unspecified atom stereocenters. The first-order valence-electron chi connectivity index (χ1n) is 3.94. The Morgan fingerprint density at radius 2 is 1.83 bits per heavy atom. The molecule has 0 spiro atoms. The summed E-state index contributed by atoms with van der Waals surface area (Å²) in [4.78, 5) is 13.8. The highest BCUT2D eigenvalue weighted by atomic mass is 16.1. The average Bonchev–Trinajstić information content (AvgIpc) is 2.41. The van der Waals surface area contributed by atoms with Gasteiger partial charge in [0.15, 0.2) is 0 Å². The minimum Gasteiger partial charge on any atom is -0.215 e. The van der Waals surface area contributed by atoms with Crippen molar-refractivity contribution in [2.75, 3.05) is 0 Å². The number of carbonyl (C=O) groups is 1. The zero-order valence-corrected chi connectivity index (χ0v) is 7.14. The number of amides is 1. The van der Waals surface area contributed by atoms with Gasteiger partial charge in [-0.15, -0.1) is 0 Å². The van der Waals surface area contributed by atoms with Gasteiger partial charge in [0.25, 0.3) is 0 Å². The van der Waals surface area contributed by atoms with Crippen molar-refractivity contribution in [2.45, 2.75) is 13.8 Å². The van der Waals surface area contributed by atoms with Crippen molar-refractivity contribution in [1.82, 2.24) is 0 Å². The average molecular weight is 160 g/mol. The van der Waals surface area contributed by atoms with E-state index in [-0.39, 0.29) is 5.91 Å². The molecule has 1 aliphatic heterocycles. The summed E-state index contributed by atoms with van der Waals surface area (Å²) < 4.78 is 0. The summed E-state index contributed by atoms with van der Waals surface area (Å²) in [6.07, 6.45) is 1.65. The Morgan fingerprint density at radius 1 is 1.17 bits per heavy atom. The molecule has 1 amide bonds. The number of rotatable bonds is 0. The molecule has 2 nitrogen and oxygen atoms in total. The zero-order chi connectivity index (χ0) is 8.72.